The van der Waals surface area contributed by atoms with Crippen LogP contribution in [0.25, 0.3) is 32.7 Å². The standard InChI is InChI=1S/C38H12F44N4O4/c39-19(40,23(47,48)27(55,56)31(63,64)35(71,72)73)3-83-9-1-7-11-12-8(16(88)86(17(89)13(9)12)6-22(45,46)26(53,54)30(61,62)34(69,70)38(80,81)82)2-10(84-4-20(41,42)24(49,50)28(57,58)32(65,66)36(74,75)76)14(11)18(90)85(15(7)87)5-21(43,44)25(51,52)29(59,60)33(67,68)37(77,78)79/h1-2,83,87H,3-6H2. The topological polar surface area (TPSA) is 106 Å². The van der Waals surface area contributed by atoms with E-state index in [4.69, 9.17) is 0 Å². The fourth-order valence-electron chi connectivity index (χ4n) is 7.32. The number of alkyl halides is 44. The van der Waals surface area contributed by atoms with E-state index in [1.54, 1.807) is 0 Å². The third kappa shape index (κ3) is 10.2. The van der Waals surface area contributed by atoms with E-state index in [9.17, 15) is 178 Å². The van der Waals surface area contributed by atoms with Gasteiger partial charge in [0.25, 0.3) is 16.7 Å². The van der Waals surface area contributed by atoms with Crippen molar-refractivity contribution in [2.45, 2.75) is 133 Å². The average Bonchev–Trinajstić information content (AvgIpc) is 0.727. The van der Waals surface area contributed by atoms with Gasteiger partial charge in [-0.25, -0.2) is 0 Å². The first-order valence-electron chi connectivity index (χ1n) is 21.1. The molecule has 52 heteroatoms. The van der Waals surface area contributed by atoms with Crippen LogP contribution in [0.2, 0.25) is 0 Å². The van der Waals surface area contributed by atoms with Gasteiger partial charge in [-0.05, 0) is 12.1 Å². The van der Waals surface area contributed by atoms with Gasteiger partial charge in [0.1, 0.15) is 6.54 Å². The molecular formula is C38H12F44N4O4. The Bertz CT molecular complexity index is 3600. The zero-order chi connectivity index (χ0) is 71.7. The number of rotatable bonds is 21. The van der Waals surface area contributed by atoms with Crippen molar-refractivity contribution in [3.8, 4) is 17.0 Å². The lowest BCUT2D eigenvalue weighted by atomic mass is 9.89. The molecule has 2 N–H and O–H groups in total. The predicted octanol–water partition coefficient (Wildman–Crippen LogP) is 14.1. The fraction of sp³-hybridized carbons (Fsp3) is 0.632. The molecule has 0 unspecified atom stereocenters. The van der Waals surface area contributed by atoms with Gasteiger partial charge in [-0.2, -0.15) is 193 Å². The number of nitrogens with zero attached hydrogens (tertiary/aromatic N) is 3. The van der Waals surface area contributed by atoms with Crippen LogP contribution in [-0.2, 0) is 13.1 Å². The number of pyridine rings is 2. The molecule has 2 heterocycles. The molecule has 90 heavy (non-hydrogen) atoms. The number of nitrogens with one attached hydrogen (secondary N) is 1. The summed E-state index contributed by atoms with van der Waals surface area (Å²) in [4.78, 5) is 43.5. The highest BCUT2D eigenvalue weighted by atomic mass is 19.5. The Labute approximate surface area is 456 Å². The number of halogens is 44. The number of anilines is 1. The van der Waals surface area contributed by atoms with Crippen LogP contribution in [0.1, 0.15) is 0 Å². The van der Waals surface area contributed by atoms with Crippen molar-refractivity contribution in [2.75, 3.05) is 18.4 Å². The second-order valence-corrected chi connectivity index (χ2v) is 18.2. The van der Waals surface area contributed by atoms with E-state index in [0.717, 1.165) is 0 Å². The van der Waals surface area contributed by atoms with Crippen molar-refractivity contribution in [2.24, 2.45) is 4.99 Å². The van der Waals surface area contributed by atoms with Gasteiger partial charge in [0.05, 0.1) is 41.3 Å². The van der Waals surface area contributed by atoms with Crippen LogP contribution in [0.15, 0.2) is 31.5 Å². The molecule has 2 aliphatic rings. The van der Waals surface area contributed by atoms with Crippen molar-refractivity contribution in [1.29, 1.82) is 0 Å². The second-order valence-electron chi connectivity index (χ2n) is 18.2. The predicted molar refractivity (Wildman–Crippen MR) is 199 cm³/mol. The molecule has 2 aromatic rings. The van der Waals surface area contributed by atoms with Crippen LogP contribution in [0.3, 0.4) is 0 Å². The van der Waals surface area contributed by atoms with Crippen molar-refractivity contribution in [3.05, 3.63) is 48.6 Å². The smallest absolute Gasteiger partial charge is 0.460 e. The Balaban J connectivity index is 2.44. The van der Waals surface area contributed by atoms with Gasteiger partial charge in [0.2, 0.25) is 5.88 Å². The summed E-state index contributed by atoms with van der Waals surface area (Å²) in [6.07, 6.45) is -32.4. The molecule has 516 valence electrons. The van der Waals surface area contributed by atoms with Crippen LogP contribution in [-0.4, -0.2) is 147 Å². The average molecular weight is 1420 g/mol. The van der Waals surface area contributed by atoms with E-state index < -0.39 is 233 Å². The van der Waals surface area contributed by atoms with Crippen LogP contribution in [0.5, 0.6) is 5.88 Å². The first-order chi connectivity index (χ1) is 39.0. The molecule has 4 rings (SSSR count). The van der Waals surface area contributed by atoms with Crippen LogP contribution in [0.4, 0.5) is 199 Å². The highest BCUT2D eigenvalue weighted by Crippen LogP contribution is 2.62. The monoisotopic (exact) mass is 1420 g/mol. The van der Waals surface area contributed by atoms with Gasteiger partial charge in [0, 0.05) is 22.0 Å². The van der Waals surface area contributed by atoms with Crippen molar-refractivity contribution >= 4 is 27.2 Å². The quantitative estimate of drug-likeness (QED) is 0.0639. The maximum atomic E-state index is 15.3. The number of benzene rings is 2. The van der Waals surface area contributed by atoms with Crippen LogP contribution >= 0.6 is 0 Å². The summed E-state index contributed by atoms with van der Waals surface area (Å²) in [6, 6.07) is -2.58. The molecule has 0 amide bonds. The zero-order valence-corrected chi connectivity index (χ0v) is 40.1. The van der Waals surface area contributed by atoms with E-state index in [1.807, 2.05) is 4.99 Å². The summed E-state index contributed by atoms with van der Waals surface area (Å²) < 4.78 is 612. The van der Waals surface area contributed by atoms with Gasteiger partial charge < -0.3 is 10.4 Å². The van der Waals surface area contributed by atoms with E-state index in [1.165, 1.54) is 0 Å². The van der Waals surface area contributed by atoms with Crippen molar-refractivity contribution in [1.82, 2.24) is 9.13 Å². The van der Waals surface area contributed by atoms with Gasteiger partial charge in [0.15, 0.2) is 0 Å². The third-order valence-corrected chi connectivity index (χ3v) is 12.4. The molecule has 0 saturated carbocycles. The van der Waals surface area contributed by atoms with E-state index in [-0.39, 0.29) is 5.32 Å². The maximum absolute atomic E-state index is 15.3. The molecule has 0 radical (unpaired) electrons. The summed E-state index contributed by atoms with van der Waals surface area (Å²) >= 11 is 0. The van der Waals surface area contributed by atoms with Gasteiger partial charge in [-0.3, -0.25) is 28.5 Å². The second kappa shape index (κ2) is 20.5. The SMILES string of the molecule is O=c1c2c(=NCC(F)(F)C(F)(F)C(F)(F)C(F)(F)C(F)(F)F)cc3c(=O)n(CC(F)(F)C(F)(F)C(F)(F)C(F)(F)C(F)(F)F)c(=O)c4c(NCC(F)(F)C(F)(F)C(F)(F)C(F)(F)C(F)(F)F)cc(c(O)n1CC(F)(F)C(F)(F)C(F)(F)C(F)(F)C(F)(F)F)c2c4-3. The molecule has 1 aromatic heterocycles. The summed E-state index contributed by atoms with van der Waals surface area (Å²) in [7, 11) is 0. The first-order valence-corrected chi connectivity index (χ1v) is 21.1. The Morgan fingerprint density at radius 1 is 0.344 bits per heavy atom. The molecule has 1 aliphatic carbocycles. The lowest BCUT2D eigenvalue weighted by Gasteiger charge is -2.37. The number of aromatic hydroxyl groups is 1. The molecule has 0 spiro atoms. The highest BCUT2D eigenvalue weighted by molar-refractivity contribution is 6.19. The third-order valence-electron chi connectivity index (χ3n) is 12.4. The van der Waals surface area contributed by atoms with Crippen LogP contribution < -0.4 is 27.4 Å². The molecular weight excluding hydrogens is 1410 g/mol. The molecule has 1 aromatic carbocycles. The lowest BCUT2D eigenvalue weighted by Crippen LogP contribution is -2.67. The highest BCUT2D eigenvalue weighted by Gasteiger charge is 2.91. The van der Waals surface area contributed by atoms with Gasteiger partial charge >= 0.3 is 119 Å². The largest absolute Gasteiger partial charge is 0.494 e. The summed E-state index contributed by atoms with van der Waals surface area (Å²) in [6.45, 7) is -17.4. The fourth-order valence-corrected chi connectivity index (χ4v) is 7.32. The maximum Gasteiger partial charge on any atom is 0.460 e. The Kier molecular flexibility index (Phi) is 17.3. The molecule has 0 saturated heterocycles. The van der Waals surface area contributed by atoms with Crippen molar-refractivity contribution < 1.29 is 198 Å². The first kappa shape index (κ1) is 76.0. The van der Waals surface area contributed by atoms with E-state index in [0.29, 0.717) is 0 Å². The normalized spacial score (nSPS) is 16.2. The summed E-state index contributed by atoms with van der Waals surface area (Å²) in [5.74, 6) is -137. The van der Waals surface area contributed by atoms with E-state index in [2.05, 4.69) is 0 Å². The minimum absolute atomic E-state index is 0.215. The molecule has 8 nitrogen and oxygen atoms in total. The Morgan fingerprint density at radius 2 is 0.644 bits per heavy atom. The Morgan fingerprint density at radius 3 is 0.978 bits per heavy atom. The minimum Gasteiger partial charge on any atom is -0.494 e. The minimum atomic E-state index is -8.70. The number of hydrogen-bond acceptors (Lipinski definition) is 6. The summed E-state index contributed by atoms with van der Waals surface area (Å²) in [5, 5.41) is -3.28. The summed E-state index contributed by atoms with van der Waals surface area (Å²) in [5.41, 5.74) is -19.3. The molecule has 0 atom stereocenters. The van der Waals surface area contributed by atoms with Gasteiger partial charge in [-0.15, -0.1) is 0 Å². The lowest BCUT2D eigenvalue weighted by molar-refractivity contribution is -0.423. The zero-order valence-electron chi connectivity index (χ0n) is 40.1. The molecule has 1 aliphatic heterocycles. The molecule has 0 fully saturated rings. The number of hydrogen-bond donors (Lipinski definition) is 2. The van der Waals surface area contributed by atoms with Crippen LogP contribution in [0, 0.1) is 0 Å². The Hall–Kier alpha value is -6.50. The number of aromatic nitrogens is 2. The molecule has 0 bridgehead atoms. The van der Waals surface area contributed by atoms with Crippen molar-refractivity contribution in [3.63, 3.8) is 0 Å². The van der Waals surface area contributed by atoms with E-state index >= 15 is 35.1 Å². The van der Waals surface area contributed by atoms with Gasteiger partial charge in [-0.1, -0.05) is 0 Å².